The molecule has 22 heavy (non-hydrogen) atoms. The molecule has 114 valence electrons. The van der Waals surface area contributed by atoms with E-state index in [0.717, 1.165) is 5.56 Å². The number of non-ortho nitro benzene ring substituents is 1. The van der Waals surface area contributed by atoms with Crippen molar-refractivity contribution >= 4 is 11.9 Å². The van der Waals surface area contributed by atoms with E-state index in [0.29, 0.717) is 0 Å². The van der Waals surface area contributed by atoms with Crippen LogP contribution in [0.2, 0.25) is 0 Å². The van der Waals surface area contributed by atoms with Gasteiger partial charge in [-0.05, 0) is 18.6 Å². The SMILES string of the molecule is C[C@@H](N=Cc1cc([N+](=O)[O-])ccc1O)[C@@H](O)c1ccccc1. The summed E-state index contributed by atoms with van der Waals surface area (Å²) < 4.78 is 0. The predicted octanol–water partition coefficient (Wildman–Crippen LogP) is 2.84. The van der Waals surface area contributed by atoms with Crippen LogP contribution in [0.25, 0.3) is 0 Å². The molecule has 2 rings (SSSR count). The zero-order valence-corrected chi connectivity index (χ0v) is 12.0. The topological polar surface area (TPSA) is 96.0 Å². The minimum atomic E-state index is -0.793. The molecular formula is C16H16N2O4. The summed E-state index contributed by atoms with van der Waals surface area (Å²) in [5.74, 6) is -0.101. The summed E-state index contributed by atoms with van der Waals surface area (Å²) >= 11 is 0. The number of aliphatic hydroxyl groups excluding tert-OH is 1. The molecule has 6 heteroatoms. The molecule has 2 aromatic carbocycles. The van der Waals surface area contributed by atoms with Gasteiger partial charge in [0.15, 0.2) is 0 Å². The van der Waals surface area contributed by atoms with Crippen molar-refractivity contribution in [3.63, 3.8) is 0 Å². The van der Waals surface area contributed by atoms with Gasteiger partial charge in [-0.3, -0.25) is 15.1 Å². The van der Waals surface area contributed by atoms with E-state index in [2.05, 4.69) is 4.99 Å². The molecule has 0 unspecified atom stereocenters. The van der Waals surface area contributed by atoms with Gasteiger partial charge in [-0.2, -0.15) is 0 Å². The molecule has 0 saturated heterocycles. The monoisotopic (exact) mass is 300 g/mol. The fraction of sp³-hybridized carbons (Fsp3) is 0.188. The molecule has 0 heterocycles. The zero-order chi connectivity index (χ0) is 16.1. The third-order valence-electron chi connectivity index (χ3n) is 3.27. The van der Waals surface area contributed by atoms with Gasteiger partial charge in [-0.1, -0.05) is 30.3 Å². The van der Waals surface area contributed by atoms with Crippen LogP contribution < -0.4 is 0 Å². The van der Waals surface area contributed by atoms with Crippen LogP contribution in [-0.2, 0) is 0 Å². The molecule has 0 aliphatic rings. The maximum absolute atomic E-state index is 10.7. The van der Waals surface area contributed by atoms with Gasteiger partial charge < -0.3 is 10.2 Å². The Balaban J connectivity index is 2.17. The summed E-state index contributed by atoms with van der Waals surface area (Å²) in [6.07, 6.45) is 0.539. The van der Waals surface area contributed by atoms with Crippen LogP contribution >= 0.6 is 0 Å². The lowest BCUT2D eigenvalue weighted by Crippen LogP contribution is -2.12. The van der Waals surface area contributed by atoms with E-state index < -0.39 is 17.1 Å². The van der Waals surface area contributed by atoms with Crippen LogP contribution in [0.4, 0.5) is 5.69 Å². The molecule has 2 aromatic rings. The number of aliphatic hydroxyl groups is 1. The van der Waals surface area contributed by atoms with Gasteiger partial charge in [0.05, 0.1) is 11.0 Å². The van der Waals surface area contributed by atoms with E-state index in [1.807, 2.05) is 18.2 Å². The summed E-state index contributed by atoms with van der Waals surface area (Å²) in [5, 5.41) is 30.6. The van der Waals surface area contributed by atoms with Gasteiger partial charge in [0.25, 0.3) is 5.69 Å². The molecule has 0 amide bonds. The summed E-state index contributed by atoms with van der Waals surface area (Å²) in [6.45, 7) is 1.72. The minimum Gasteiger partial charge on any atom is -0.507 e. The van der Waals surface area contributed by atoms with Crippen molar-refractivity contribution in [1.82, 2.24) is 0 Å². The number of hydrogen-bond donors (Lipinski definition) is 2. The third-order valence-corrected chi connectivity index (χ3v) is 3.27. The molecule has 0 aromatic heterocycles. The maximum atomic E-state index is 10.7. The predicted molar refractivity (Wildman–Crippen MR) is 83.2 cm³/mol. The highest BCUT2D eigenvalue weighted by Crippen LogP contribution is 2.23. The average Bonchev–Trinajstić information content (AvgIpc) is 2.53. The minimum absolute atomic E-state index is 0.101. The van der Waals surface area contributed by atoms with Gasteiger partial charge >= 0.3 is 0 Å². The molecular weight excluding hydrogens is 284 g/mol. The quantitative estimate of drug-likeness (QED) is 0.504. The standard InChI is InChI=1S/C16H16N2O4/c1-11(16(20)12-5-3-2-4-6-12)17-10-13-9-14(18(21)22)7-8-15(13)19/h2-11,16,19-20H,1H3/t11-,16-/m1/s1. The van der Waals surface area contributed by atoms with E-state index in [9.17, 15) is 20.3 Å². The lowest BCUT2D eigenvalue weighted by Gasteiger charge is -2.15. The van der Waals surface area contributed by atoms with Crippen LogP contribution in [0.1, 0.15) is 24.2 Å². The second kappa shape index (κ2) is 6.82. The molecule has 6 nitrogen and oxygen atoms in total. The Labute approximate surface area is 127 Å². The molecule has 2 atom stereocenters. The average molecular weight is 300 g/mol. The van der Waals surface area contributed by atoms with Gasteiger partial charge in [-0.25, -0.2) is 0 Å². The van der Waals surface area contributed by atoms with Crippen molar-refractivity contribution in [2.24, 2.45) is 4.99 Å². The maximum Gasteiger partial charge on any atom is 0.270 e. The van der Waals surface area contributed by atoms with Crippen molar-refractivity contribution in [1.29, 1.82) is 0 Å². The van der Waals surface area contributed by atoms with Crippen LogP contribution in [-0.4, -0.2) is 27.4 Å². The first-order chi connectivity index (χ1) is 10.5. The molecule has 0 bridgehead atoms. The molecule has 0 aliphatic heterocycles. The van der Waals surface area contributed by atoms with Crippen LogP contribution in [0.5, 0.6) is 5.75 Å². The fourth-order valence-electron chi connectivity index (χ4n) is 1.97. The number of nitro benzene ring substituents is 1. The number of rotatable bonds is 5. The summed E-state index contributed by atoms with van der Waals surface area (Å²) in [4.78, 5) is 14.4. The Bertz CT molecular complexity index is 686. The van der Waals surface area contributed by atoms with Crippen molar-refractivity contribution in [2.45, 2.75) is 19.1 Å². The summed E-state index contributed by atoms with van der Waals surface area (Å²) in [6, 6.07) is 12.3. The number of aromatic hydroxyl groups is 1. The Morgan fingerprint density at radius 2 is 1.91 bits per heavy atom. The smallest absolute Gasteiger partial charge is 0.270 e. The van der Waals surface area contributed by atoms with Crippen LogP contribution in [0.15, 0.2) is 53.5 Å². The van der Waals surface area contributed by atoms with Gasteiger partial charge in [-0.15, -0.1) is 0 Å². The van der Waals surface area contributed by atoms with E-state index in [1.54, 1.807) is 19.1 Å². The highest BCUT2D eigenvalue weighted by molar-refractivity contribution is 5.84. The van der Waals surface area contributed by atoms with Gasteiger partial charge in [0, 0.05) is 23.9 Å². The molecule has 0 radical (unpaired) electrons. The Kier molecular flexibility index (Phi) is 4.85. The third kappa shape index (κ3) is 3.67. The highest BCUT2D eigenvalue weighted by atomic mass is 16.6. The first-order valence-corrected chi connectivity index (χ1v) is 6.72. The number of nitro groups is 1. The lowest BCUT2D eigenvalue weighted by atomic mass is 10.0. The molecule has 2 N–H and O–H groups in total. The second-order valence-corrected chi connectivity index (χ2v) is 4.87. The van der Waals surface area contributed by atoms with Crippen molar-refractivity contribution in [2.75, 3.05) is 0 Å². The Morgan fingerprint density at radius 3 is 2.55 bits per heavy atom. The van der Waals surface area contributed by atoms with Gasteiger partial charge in [0.1, 0.15) is 11.9 Å². The molecule has 0 fully saturated rings. The highest BCUT2D eigenvalue weighted by Gasteiger charge is 2.15. The van der Waals surface area contributed by atoms with Crippen LogP contribution in [0.3, 0.4) is 0 Å². The Morgan fingerprint density at radius 1 is 1.23 bits per heavy atom. The lowest BCUT2D eigenvalue weighted by molar-refractivity contribution is -0.384. The number of nitrogens with zero attached hydrogens (tertiary/aromatic N) is 2. The number of hydrogen-bond acceptors (Lipinski definition) is 5. The fourth-order valence-corrected chi connectivity index (χ4v) is 1.97. The second-order valence-electron chi connectivity index (χ2n) is 4.87. The number of phenolic OH excluding ortho intramolecular Hbond substituents is 1. The van der Waals surface area contributed by atoms with E-state index in [1.165, 1.54) is 24.4 Å². The zero-order valence-electron chi connectivity index (χ0n) is 12.0. The van der Waals surface area contributed by atoms with E-state index in [4.69, 9.17) is 0 Å². The van der Waals surface area contributed by atoms with Crippen molar-refractivity contribution < 1.29 is 15.1 Å². The van der Waals surface area contributed by atoms with Crippen molar-refractivity contribution in [3.8, 4) is 5.75 Å². The van der Waals surface area contributed by atoms with E-state index in [-0.39, 0.29) is 17.0 Å². The number of aliphatic imine (C=N–C) groups is 1. The largest absolute Gasteiger partial charge is 0.507 e. The van der Waals surface area contributed by atoms with E-state index >= 15 is 0 Å². The summed E-state index contributed by atoms with van der Waals surface area (Å²) in [7, 11) is 0. The summed E-state index contributed by atoms with van der Waals surface area (Å²) in [5.41, 5.74) is 0.840. The molecule has 0 spiro atoms. The molecule has 0 aliphatic carbocycles. The number of benzene rings is 2. The van der Waals surface area contributed by atoms with Crippen molar-refractivity contribution in [3.05, 3.63) is 69.8 Å². The Hall–Kier alpha value is -2.73. The first-order valence-electron chi connectivity index (χ1n) is 6.72. The van der Waals surface area contributed by atoms with Crippen LogP contribution in [0, 0.1) is 10.1 Å². The first kappa shape index (κ1) is 15.7. The molecule has 0 saturated carbocycles. The number of phenols is 1. The van der Waals surface area contributed by atoms with Gasteiger partial charge in [0.2, 0.25) is 0 Å². The normalized spacial score (nSPS) is 13.9.